The lowest BCUT2D eigenvalue weighted by Crippen LogP contribution is -2.43. The Morgan fingerprint density at radius 2 is 1.90 bits per heavy atom. The number of sulfonamides is 1. The molecule has 0 bridgehead atoms. The fraction of sp³-hybridized carbons (Fsp3) is 0.500. The minimum Gasteiger partial charge on any atom is -0.299 e. The van der Waals surface area contributed by atoms with Crippen LogP contribution < -0.4 is 4.72 Å². The van der Waals surface area contributed by atoms with Crippen LogP contribution in [0.25, 0.3) is 0 Å². The summed E-state index contributed by atoms with van der Waals surface area (Å²) in [5, 5.41) is 0. The standard InChI is InChI=1S/C24H32N2O2S/c1-4-13-26-14-5-6-22-23-16-20(10-7-19(23)15-24(22)26)25-29(27,28)21-11-8-18(9-12-21)17(2)3/h7-12,16-17,22,24-25H,4-6,13-15H2,1-3H3/t22-,24-/m1/s1. The number of likely N-dealkylation sites (tertiary alicyclic amines) is 1. The van der Waals surface area contributed by atoms with Gasteiger partial charge in [-0.15, -0.1) is 0 Å². The maximum Gasteiger partial charge on any atom is 0.261 e. The Hall–Kier alpha value is -1.85. The predicted octanol–water partition coefficient (Wildman–Crippen LogP) is 5.12. The average Bonchev–Trinajstić information content (AvgIpc) is 3.07. The molecule has 4 nitrogen and oxygen atoms in total. The molecule has 2 aromatic rings. The molecule has 4 rings (SSSR count). The molecule has 1 heterocycles. The summed E-state index contributed by atoms with van der Waals surface area (Å²) < 4.78 is 28.6. The molecule has 0 aromatic heterocycles. The smallest absolute Gasteiger partial charge is 0.261 e. The summed E-state index contributed by atoms with van der Waals surface area (Å²) in [6.45, 7) is 8.79. The molecule has 0 saturated carbocycles. The first-order valence-corrected chi connectivity index (χ1v) is 12.4. The van der Waals surface area contributed by atoms with Crippen LogP contribution in [0, 0.1) is 0 Å². The molecule has 5 heteroatoms. The average molecular weight is 413 g/mol. The summed E-state index contributed by atoms with van der Waals surface area (Å²) in [6, 6.07) is 13.9. The van der Waals surface area contributed by atoms with Crippen molar-refractivity contribution in [2.75, 3.05) is 17.8 Å². The maximum atomic E-state index is 12.9. The molecule has 1 saturated heterocycles. The van der Waals surface area contributed by atoms with E-state index in [0.29, 0.717) is 28.5 Å². The lowest BCUT2D eigenvalue weighted by atomic mass is 9.88. The molecule has 0 spiro atoms. The zero-order valence-corrected chi connectivity index (χ0v) is 18.5. The molecule has 29 heavy (non-hydrogen) atoms. The van der Waals surface area contributed by atoms with Gasteiger partial charge in [-0.25, -0.2) is 8.42 Å². The highest BCUT2D eigenvalue weighted by molar-refractivity contribution is 7.92. The van der Waals surface area contributed by atoms with Crippen molar-refractivity contribution in [1.82, 2.24) is 4.90 Å². The van der Waals surface area contributed by atoms with Gasteiger partial charge >= 0.3 is 0 Å². The van der Waals surface area contributed by atoms with Gasteiger partial charge in [-0.05, 0) is 85.6 Å². The number of nitrogens with zero attached hydrogens (tertiary/aromatic N) is 1. The van der Waals surface area contributed by atoms with E-state index in [0.717, 1.165) is 18.5 Å². The third kappa shape index (κ3) is 4.08. The number of hydrogen-bond acceptors (Lipinski definition) is 3. The minimum absolute atomic E-state index is 0.312. The molecule has 1 N–H and O–H groups in total. The van der Waals surface area contributed by atoms with Gasteiger partial charge in [0.05, 0.1) is 4.90 Å². The number of rotatable bonds is 6. The van der Waals surface area contributed by atoms with Crippen LogP contribution >= 0.6 is 0 Å². The van der Waals surface area contributed by atoms with Crippen molar-refractivity contribution in [2.45, 2.75) is 69.2 Å². The third-order valence-corrected chi connectivity index (χ3v) is 7.89. The van der Waals surface area contributed by atoms with E-state index in [1.807, 2.05) is 18.2 Å². The van der Waals surface area contributed by atoms with E-state index in [1.165, 1.54) is 36.9 Å². The number of anilines is 1. The molecule has 0 radical (unpaired) electrons. The largest absolute Gasteiger partial charge is 0.299 e. The van der Waals surface area contributed by atoms with Crippen molar-refractivity contribution >= 4 is 15.7 Å². The normalized spacial score (nSPS) is 21.8. The zero-order chi connectivity index (χ0) is 20.6. The summed E-state index contributed by atoms with van der Waals surface area (Å²) >= 11 is 0. The van der Waals surface area contributed by atoms with Crippen molar-refractivity contribution < 1.29 is 8.42 Å². The number of nitrogens with one attached hydrogen (secondary N) is 1. The van der Waals surface area contributed by atoms with E-state index in [4.69, 9.17) is 0 Å². The van der Waals surface area contributed by atoms with Crippen molar-refractivity contribution in [3.63, 3.8) is 0 Å². The first-order valence-electron chi connectivity index (χ1n) is 10.9. The Balaban J connectivity index is 1.55. The van der Waals surface area contributed by atoms with Crippen molar-refractivity contribution in [3.05, 3.63) is 59.2 Å². The number of piperidine rings is 1. The first-order chi connectivity index (χ1) is 13.9. The number of hydrogen-bond donors (Lipinski definition) is 1. The summed E-state index contributed by atoms with van der Waals surface area (Å²) in [6.07, 6.45) is 4.69. The second-order valence-electron chi connectivity index (χ2n) is 8.80. The van der Waals surface area contributed by atoms with E-state index >= 15 is 0 Å². The van der Waals surface area contributed by atoms with Crippen LogP contribution in [0.5, 0.6) is 0 Å². The predicted molar refractivity (Wildman–Crippen MR) is 119 cm³/mol. The Morgan fingerprint density at radius 1 is 1.14 bits per heavy atom. The zero-order valence-electron chi connectivity index (χ0n) is 17.7. The van der Waals surface area contributed by atoms with Gasteiger partial charge in [0.1, 0.15) is 0 Å². The lowest BCUT2D eigenvalue weighted by Gasteiger charge is -2.37. The highest BCUT2D eigenvalue weighted by Gasteiger charge is 2.38. The Labute approximate surface area is 175 Å². The molecular formula is C24H32N2O2S. The Kier molecular flexibility index (Phi) is 5.71. The van der Waals surface area contributed by atoms with Crippen LogP contribution in [-0.2, 0) is 16.4 Å². The summed E-state index contributed by atoms with van der Waals surface area (Å²) in [7, 11) is -3.58. The summed E-state index contributed by atoms with van der Waals surface area (Å²) in [5.74, 6) is 0.909. The number of benzene rings is 2. The van der Waals surface area contributed by atoms with Gasteiger partial charge < -0.3 is 0 Å². The SMILES string of the molecule is CCCN1CCC[C@@H]2c3cc(NS(=O)(=O)c4ccc(C(C)C)cc4)ccc3C[C@H]21. The highest BCUT2D eigenvalue weighted by Crippen LogP contribution is 2.43. The van der Waals surface area contributed by atoms with Crippen molar-refractivity contribution in [3.8, 4) is 0 Å². The quantitative estimate of drug-likeness (QED) is 0.716. The van der Waals surface area contributed by atoms with Crippen molar-refractivity contribution in [1.29, 1.82) is 0 Å². The molecule has 2 aliphatic rings. The summed E-state index contributed by atoms with van der Waals surface area (Å²) in [4.78, 5) is 2.95. The molecule has 1 aliphatic carbocycles. The fourth-order valence-corrected chi connectivity index (χ4v) is 6.04. The molecular weight excluding hydrogens is 380 g/mol. The molecule has 1 aliphatic heterocycles. The van der Waals surface area contributed by atoms with Crippen LogP contribution in [0.3, 0.4) is 0 Å². The van der Waals surface area contributed by atoms with Gasteiger partial charge in [0.15, 0.2) is 0 Å². The van der Waals surface area contributed by atoms with E-state index in [2.05, 4.69) is 42.5 Å². The maximum absolute atomic E-state index is 12.9. The van der Waals surface area contributed by atoms with Crippen LogP contribution in [-0.4, -0.2) is 32.4 Å². The van der Waals surface area contributed by atoms with E-state index in [1.54, 1.807) is 12.1 Å². The Morgan fingerprint density at radius 3 is 2.59 bits per heavy atom. The second kappa shape index (κ2) is 8.11. The first kappa shape index (κ1) is 20.4. The summed E-state index contributed by atoms with van der Waals surface area (Å²) in [5.41, 5.74) is 4.53. The van der Waals surface area contributed by atoms with Gasteiger partial charge in [-0.1, -0.05) is 39.0 Å². The molecule has 1 fully saturated rings. The second-order valence-corrected chi connectivity index (χ2v) is 10.5. The Bertz CT molecular complexity index is 965. The molecule has 156 valence electrons. The van der Waals surface area contributed by atoms with Crippen LogP contribution in [0.1, 0.15) is 68.6 Å². The minimum atomic E-state index is -3.58. The monoisotopic (exact) mass is 412 g/mol. The molecule has 0 unspecified atom stereocenters. The highest BCUT2D eigenvalue weighted by atomic mass is 32.2. The topological polar surface area (TPSA) is 49.4 Å². The molecule has 2 aromatic carbocycles. The van der Waals surface area contributed by atoms with Crippen LogP contribution in [0.2, 0.25) is 0 Å². The molecule has 0 amide bonds. The molecule has 2 atom stereocenters. The fourth-order valence-electron chi connectivity index (χ4n) is 4.99. The van der Waals surface area contributed by atoms with E-state index in [9.17, 15) is 8.42 Å². The van der Waals surface area contributed by atoms with Crippen LogP contribution in [0.4, 0.5) is 5.69 Å². The third-order valence-electron chi connectivity index (χ3n) is 6.49. The van der Waals surface area contributed by atoms with Gasteiger partial charge in [-0.2, -0.15) is 0 Å². The van der Waals surface area contributed by atoms with E-state index in [-0.39, 0.29) is 0 Å². The van der Waals surface area contributed by atoms with Gasteiger partial charge in [0, 0.05) is 17.6 Å². The van der Waals surface area contributed by atoms with Crippen molar-refractivity contribution in [2.24, 2.45) is 0 Å². The van der Waals surface area contributed by atoms with E-state index < -0.39 is 10.0 Å². The van der Waals surface area contributed by atoms with Gasteiger partial charge in [0.2, 0.25) is 0 Å². The lowest BCUT2D eigenvalue weighted by molar-refractivity contribution is 0.137. The van der Waals surface area contributed by atoms with Crippen LogP contribution in [0.15, 0.2) is 47.4 Å². The van der Waals surface area contributed by atoms with Gasteiger partial charge in [-0.3, -0.25) is 9.62 Å². The number of fused-ring (bicyclic) bond motifs is 3. The van der Waals surface area contributed by atoms with Gasteiger partial charge in [0.25, 0.3) is 10.0 Å².